The molecule has 1 unspecified atom stereocenters. The third kappa shape index (κ3) is 2.51. The highest BCUT2D eigenvalue weighted by atomic mass is 16.5. The number of aliphatic hydroxyl groups is 1. The van der Waals surface area contributed by atoms with Crippen LogP contribution in [-0.2, 0) is 0 Å². The minimum atomic E-state index is -0.650. The fraction of sp³-hybridized carbons (Fsp3) is 0.267. The van der Waals surface area contributed by atoms with Crippen molar-refractivity contribution in [3.8, 4) is 5.88 Å². The average molecular weight is 243 g/mol. The van der Waals surface area contributed by atoms with Crippen LogP contribution < -0.4 is 4.74 Å². The minimum absolute atomic E-state index is 0.548. The molecule has 0 radical (unpaired) electrons. The number of aryl methyl sites for hydroxylation is 2. The van der Waals surface area contributed by atoms with Gasteiger partial charge in [0.05, 0.1) is 7.11 Å². The van der Waals surface area contributed by atoms with E-state index in [9.17, 15) is 5.11 Å². The van der Waals surface area contributed by atoms with Crippen LogP contribution in [0.3, 0.4) is 0 Å². The van der Waals surface area contributed by atoms with Crippen LogP contribution in [0.5, 0.6) is 5.88 Å². The van der Waals surface area contributed by atoms with E-state index in [2.05, 4.69) is 4.98 Å². The summed E-state index contributed by atoms with van der Waals surface area (Å²) in [5.41, 5.74) is 3.89. The summed E-state index contributed by atoms with van der Waals surface area (Å²) in [6.07, 6.45) is 0.994. The third-order valence-corrected chi connectivity index (χ3v) is 3.01. The van der Waals surface area contributed by atoms with Gasteiger partial charge >= 0.3 is 0 Å². The molecule has 0 spiro atoms. The lowest BCUT2D eigenvalue weighted by molar-refractivity contribution is 0.219. The number of ether oxygens (including phenoxy) is 1. The van der Waals surface area contributed by atoms with Gasteiger partial charge in [-0.25, -0.2) is 4.98 Å². The number of aliphatic hydroxyl groups excluding tert-OH is 1. The SMILES string of the molecule is COc1ccc(C(O)c2cc(C)ccc2C)cn1. The van der Waals surface area contributed by atoms with Crippen molar-refractivity contribution in [1.29, 1.82) is 0 Å². The fourth-order valence-electron chi connectivity index (χ4n) is 1.91. The van der Waals surface area contributed by atoms with Crippen LogP contribution in [-0.4, -0.2) is 17.2 Å². The van der Waals surface area contributed by atoms with Gasteiger partial charge in [0.15, 0.2) is 0 Å². The van der Waals surface area contributed by atoms with Gasteiger partial charge in [-0.2, -0.15) is 0 Å². The second-order valence-corrected chi connectivity index (χ2v) is 4.40. The van der Waals surface area contributed by atoms with Crippen LogP contribution in [0.25, 0.3) is 0 Å². The molecule has 3 heteroatoms. The number of hydrogen-bond donors (Lipinski definition) is 1. The first-order valence-corrected chi connectivity index (χ1v) is 5.87. The molecule has 0 fully saturated rings. The number of hydrogen-bond acceptors (Lipinski definition) is 3. The Labute approximate surface area is 107 Å². The summed E-state index contributed by atoms with van der Waals surface area (Å²) < 4.78 is 5.00. The smallest absolute Gasteiger partial charge is 0.212 e. The van der Waals surface area contributed by atoms with Crippen LogP contribution in [0, 0.1) is 13.8 Å². The van der Waals surface area contributed by atoms with Gasteiger partial charge in [0, 0.05) is 17.8 Å². The molecular weight excluding hydrogens is 226 g/mol. The Bertz CT molecular complexity index is 535. The Morgan fingerprint density at radius 1 is 1.17 bits per heavy atom. The van der Waals surface area contributed by atoms with E-state index in [1.807, 2.05) is 38.1 Å². The molecule has 0 amide bonds. The van der Waals surface area contributed by atoms with Gasteiger partial charge in [-0.05, 0) is 31.0 Å². The molecular formula is C15H17NO2. The Morgan fingerprint density at radius 3 is 2.56 bits per heavy atom. The number of methoxy groups -OCH3 is 1. The second-order valence-electron chi connectivity index (χ2n) is 4.40. The van der Waals surface area contributed by atoms with Gasteiger partial charge < -0.3 is 9.84 Å². The molecule has 0 aliphatic heterocycles. The maximum Gasteiger partial charge on any atom is 0.212 e. The van der Waals surface area contributed by atoms with E-state index in [0.717, 1.165) is 22.3 Å². The normalized spacial score (nSPS) is 12.2. The van der Waals surface area contributed by atoms with E-state index in [1.54, 1.807) is 19.4 Å². The average Bonchev–Trinajstić information content (AvgIpc) is 2.41. The van der Waals surface area contributed by atoms with Gasteiger partial charge in [-0.15, -0.1) is 0 Å². The molecule has 1 N–H and O–H groups in total. The van der Waals surface area contributed by atoms with Gasteiger partial charge in [-0.3, -0.25) is 0 Å². The molecule has 0 aliphatic carbocycles. The van der Waals surface area contributed by atoms with E-state index in [4.69, 9.17) is 4.74 Å². The first-order chi connectivity index (χ1) is 8.61. The van der Waals surface area contributed by atoms with Gasteiger partial charge in [0.25, 0.3) is 0 Å². The molecule has 18 heavy (non-hydrogen) atoms. The van der Waals surface area contributed by atoms with Crippen LogP contribution in [0.4, 0.5) is 0 Å². The van der Waals surface area contributed by atoms with Crippen molar-refractivity contribution >= 4 is 0 Å². The topological polar surface area (TPSA) is 42.4 Å². The van der Waals surface area contributed by atoms with Gasteiger partial charge in [-0.1, -0.05) is 23.8 Å². The minimum Gasteiger partial charge on any atom is -0.481 e. The van der Waals surface area contributed by atoms with Crippen molar-refractivity contribution < 1.29 is 9.84 Å². The molecule has 2 rings (SSSR count). The Balaban J connectivity index is 2.34. The third-order valence-electron chi connectivity index (χ3n) is 3.01. The van der Waals surface area contributed by atoms with Crippen molar-refractivity contribution in [2.24, 2.45) is 0 Å². The van der Waals surface area contributed by atoms with E-state index in [-0.39, 0.29) is 0 Å². The molecule has 3 nitrogen and oxygen atoms in total. The molecule has 1 aromatic heterocycles. The highest BCUT2D eigenvalue weighted by molar-refractivity contribution is 5.37. The zero-order valence-electron chi connectivity index (χ0n) is 10.8. The van der Waals surface area contributed by atoms with E-state index >= 15 is 0 Å². The Kier molecular flexibility index (Phi) is 3.63. The summed E-state index contributed by atoms with van der Waals surface area (Å²) in [5.74, 6) is 0.548. The Hall–Kier alpha value is -1.87. The van der Waals surface area contributed by atoms with E-state index in [1.165, 1.54) is 0 Å². The van der Waals surface area contributed by atoms with Crippen LogP contribution in [0.1, 0.15) is 28.4 Å². The molecule has 0 saturated heterocycles. The number of aromatic nitrogens is 1. The second kappa shape index (κ2) is 5.19. The van der Waals surface area contributed by atoms with E-state index < -0.39 is 6.10 Å². The van der Waals surface area contributed by atoms with Gasteiger partial charge in [0.2, 0.25) is 5.88 Å². The summed E-state index contributed by atoms with van der Waals surface area (Å²) in [6.45, 7) is 4.01. The largest absolute Gasteiger partial charge is 0.481 e. The van der Waals surface area contributed by atoms with Crippen molar-refractivity contribution in [3.05, 3.63) is 58.8 Å². The molecule has 1 aromatic carbocycles. The lowest BCUT2D eigenvalue weighted by Crippen LogP contribution is -2.03. The number of nitrogens with zero attached hydrogens (tertiary/aromatic N) is 1. The van der Waals surface area contributed by atoms with Crippen molar-refractivity contribution in [2.75, 3.05) is 7.11 Å². The molecule has 0 saturated carbocycles. The van der Waals surface area contributed by atoms with Crippen LogP contribution in [0.2, 0.25) is 0 Å². The maximum absolute atomic E-state index is 10.4. The number of benzene rings is 1. The zero-order chi connectivity index (χ0) is 13.1. The maximum atomic E-state index is 10.4. The van der Waals surface area contributed by atoms with Crippen molar-refractivity contribution in [1.82, 2.24) is 4.98 Å². The highest BCUT2D eigenvalue weighted by Crippen LogP contribution is 2.25. The summed E-state index contributed by atoms with van der Waals surface area (Å²) in [4.78, 5) is 4.11. The standard InChI is InChI=1S/C15H17NO2/c1-10-4-5-11(2)13(8-10)15(17)12-6-7-14(18-3)16-9-12/h4-9,15,17H,1-3H3. The van der Waals surface area contributed by atoms with Crippen molar-refractivity contribution in [3.63, 3.8) is 0 Å². The van der Waals surface area contributed by atoms with E-state index in [0.29, 0.717) is 5.88 Å². The molecule has 0 bridgehead atoms. The van der Waals surface area contributed by atoms with Crippen LogP contribution >= 0.6 is 0 Å². The summed E-state index contributed by atoms with van der Waals surface area (Å²) in [6, 6.07) is 9.65. The predicted octanol–water partition coefficient (Wildman–Crippen LogP) is 2.79. The van der Waals surface area contributed by atoms with Crippen LogP contribution in [0.15, 0.2) is 36.5 Å². The first-order valence-electron chi connectivity index (χ1n) is 5.87. The highest BCUT2D eigenvalue weighted by Gasteiger charge is 2.13. The number of pyridine rings is 1. The number of rotatable bonds is 3. The quantitative estimate of drug-likeness (QED) is 0.901. The first kappa shape index (κ1) is 12.6. The molecule has 1 heterocycles. The zero-order valence-corrected chi connectivity index (χ0v) is 10.8. The predicted molar refractivity (Wildman–Crippen MR) is 70.8 cm³/mol. The van der Waals surface area contributed by atoms with Crippen molar-refractivity contribution in [2.45, 2.75) is 20.0 Å². The monoisotopic (exact) mass is 243 g/mol. The van der Waals surface area contributed by atoms with Gasteiger partial charge in [0.1, 0.15) is 6.10 Å². The summed E-state index contributed by atoms with van der Waals surface area (Å²) >= 11 is 0. The molecule has 1 atom stereocenters. The fourth-order valence-corrected chi connectivity index (χ4v) is 1.91. The Morgan fingerprint density at radius 2 is 1.94 bits per heavy atom. The molecule has 2 aromatic rings. The summed E-state index contributed by atoms with van der Waals surface area (Å²) in [5, 5.41) is 10.4. The summed E-state index contributed by atoms with van der Waals surface area (Å²) in [7, 11) is 1.57. The lowest BCUT2D eigenvalue weighted by atomic mass is 9.97. The molecule has 0 aliphatic rings. The molecule has 94 valence electrons. The lowest BCUT2D eigenvalue weighted by Gasteiger charge is -2.14.